The molecule has 0 fully saturated rings. The molecule has 0 unspecified atom stereocenters. The molecular weight excluding hydrogens is 635 g/mol. The molecule has 9 rings (SSSR count). The molecule has 0 radical (unpaired) electrons. The van der Waals surface area contributed by atoms with E-state index in [1.165, 1.54) is 27.8 Å². The predicted molar refractivity (Wildman–Crippen MR) is 212 cm³/mol. The second-order valence-corrected chi connectivity index (χ2v) is 13.5. The Morgan fingerprint density at radius 1 is 0.404 bits per heavy atom. The number of hydrogen-bond donors (Lipinski definition) is 0. The van der Waals surface area contributed by atoms with Gasteiger partial charge in [-0.25, -0.2) is 19.9 Å². The highest BCUT2D eigenvalue weighted by Crippen LogP contribution is 2.54. The van der Waals surface area contributed by atoms with Gasteiger partial charge in [0.1, 0.15) is 11.5 Å². The highest BCUT2D eigenvalue weighted by atomic mass is 15.2. The van der Waals surface area contributed by atoms with Crippen LogP contribution in [-0.2, 0) is 5.41 Å². The largest absolute Gasteiger partial charge is 0.295 e. The minimum absolute atomic E-state index is 0.230. The molecule has 0 amide bonds. The Balaban J connectivity index is 1.23. The van der Waals surface area contributed by atoms with Crippen molar-refractivity contribution in [2.75, 3.05) is 4.90 Å². The second kappa shape index (κ2) is 12.9. The molecule has 0 atom stereocenters. The van der Waals surface area contributed by atoms with Crippen LogP contribution in [0.5, 0.6) is 0 Å². The Morgan fingerprint density at radius 2 is 0.923 bits per heavy atom. The molecule has 0 saturated heterocycles. The van der Waals surface area contributed by atoms with Gasteiger partial charge in [0.15, 0.2) is 17.5 Å². The van der Waals surface area contributed by atoms with E-state index >= 15 is 0 Å². The van der Waals surface area contributed by atoms with Gasteiger partial charge in [0.05, 0.1) is 5.69 Å². The Morgan fingerprint density at radius 3 is 1.58 bits per heavy atom. The Hall–Kier alpha value is -6.72. The number of nitrogens with zero attached hydrogens (tertiary/aromatic N) is 5. The van der Waals surface area contributed by atoms with Gasteiger partial charge in [0.2, 0.25) is 0 Å². The third-order valence-corrected chi connectivity index (χ3v) is 9.92. The number of fused-ring (bicyclic) bond motifs is 3. The summed E-state index contributed by atoms with van der Waals surface area (Å²) in [4.78, 5) is 22.5. The lowest BCUT2D eigenvalue weighted by Crippen LogP contribution is -2.21. The molecule has 1 aliphatic carbocycles. The van der Waals surface area contributed by atoms with Crippen molar-refractivity contribution in [3.05, 3.63) is 187 Å². The van der Waals surface area contributed by atoms with Crippen LogP contribution in [0, 0.1) is 0 Å². The smallest absolute Gasteiger partial charge is 0.182 e. The first-order valence-electron chi connectivity index (χ1n) is 17.6. The summed E-state index contributed by atoms with van der Waals surface area (Å²) in [7, 11) is 0. The molecule has 5 nitrogen and oxygen atoms in total. The number of hydrogen-bond acceptors (Lipinski definition) is 5. The zero-order chi connectivity index (χ0) is 35.1. The van der Waals surface area contributed by atoms with E-state index < -0.39 is 0 Å². The van der Waals surface area contributed by atoms with E-state index in [2.05, 4.69) is 116 Å². The van der Waals surface area contributed by atoms with Gasteiger partial charge in [-0.2, -0.15) is 0 Å². The summed E-state index contributed by atoms with van der Waals surface area (Å²) in [6, 6.07) is 60.8. The van der Waals surface area contributed by atoms with Crippen molar-refractivity contribution in [3.8, 4) is 56.5 Å². The maximum absolute atomic E-state index is 5.34. The van der Waals surface area contributed by atoms with Crippen LogP contribution in [0.15, 0.2) is 176 Å². The first-order chi connectivity index (χ1) is 25.5. The Bertz CT molecular complexity index is 2470. The molecule has 0 bridgehead atoms. The van der Waals surface area contributed by atoms with Gasteiger partial charge in [0.25, 0.3) is 0 Å². The van der Waals surface area contributed by atoms with Crippen LogP contribution in [0.2, 0.25) is 0 Å². The first kappa shape index (κ1) is 31.3. The van der Waals surface area contributed by atoms with Gasteiger partial charge in [-0.3, -0.25) is 4.90 Å². The Labute approximate surface area is 304 Å². The van der Waals surface area contributed by atoms with E-state index in [0.717, 1.165) is 33.9 Å². The SMILES string of the molecule is CC1(C)c2ccccc2-c2cccc(N(c3ccc(-c4ccccc4)cc3)c3cccc(-c4nc(-c5ccccc5)nc(-c5ccccc5)n4)n3)c21. The molecule has 52 heavy (non-hydrogen) atoms. The van der Waals surface area contributed by atoms with E-state index in [-0.39, 0.29) is 5.41 Å². The molecule has 5 heteroatoms. The third-order valence-electron chi connectivity index (χ3n) is 9.92. The van der Waals surface area contributed by atoms with Crippen LogP contribution in [0.1, 0.15) is 25.0 Å². The van der Waals surface area contributed by atoms with Crippen molar-refractivity contribution in [1.29, 1.82) is 0 Å². The zero-order valence-corrected chi connectivity index (χ0v) is 29.0. The molecule has 0 saturated carbocycles. The number of benzene rings is 6. The minimum Gasteiger partial charge on any atom is -0.295 e. The van der Waals surface area contributed by atoms with E-state index in [9.17, 15) is 0 Å². The molecule has 8 aromatic rings. The Kier molecular flexibility index (Phi) is 7.74. The summed E-state index contributed by atoms with van der Waals surface area (Å²) >= 11 is 0. The van der Waals surface area contributed by atoms with Crippen molar-refractivity contribution in [2.45, 2.75) is 19.3 Å². The van der Waals surface area contributed by atoms with Crippen molar-refractivity contribution in [1.82, 2.24) is 19.9 Å². The van der Waals surface area contributed by atoms with Crippen LogP contribution in [-0.4, -0.2) is 19.9 Å². The fourth-order valence-corrected chi connectivity index (χ4v) is 7.43. The molecule has 1 aliphatic rings. The van der Waals surface area contributed by atoms with Crippen LogP contribution in [0.25, 0.3) is 56.5 Å². The van der Waals surface area contributed by atoms with Crippen LogP contribution in [0.3, 0.4) is 0 Å². The van der Waals surface area contributed by atoms with E-state index in [0.29, 0.717) is 23.2 Å². The topological polar surface area (TPSA) is 54.8 Å². The lowest BCUT2D eigenvalue weighted by atomic mass is 9.81. The number of rotatable bonds is 7. The lowest BCUT2D eigenvalue weighted by molar-refractivity contribution is 0.660. The van der Waals surface area contributed by atoms with E-state index in [4.69, 9.17) is 19.9 Å². The van der Waals surface area contributed by atoms with Gasteiger partial charge in [0, 0.05) is 22.2 Å². The zero-order valence-electron chi connectivity index (χ0n) is 29.0. The molecule has 6 aromatic carbocycles. The van der Waals surface area contributed by atoms with Crippen molar-refractivity contribution >= 4 is 17.2 Å². The van der Waals surface area contributed by atoms with Crippen LogP contribution >= 0.6 is 0 Å². The third kappa shape index (κ3) is 5.53. The first-order valence-corrected chi connectivity index (χ1v) is 17.6. The molecule has 0 spiro atoms. The molecule has 0 aliphatic heterocycles. The van der Waals surface area contributed by atoms with Gasteiger partial charge in [-0.15, -0.1) is 0 Å². The summed E-state index contributed by atoms with van der Waals surface area (Å²) in [5.41, 5.74) is 11.8. The highest BCUT2D eigenvalue weighted by Gasteiger charge is 2.38. The van der Waals surface area contributed by atoms with Crippen molar-refractivity contribution < 1.29 is 0 Å². The van der Waals surface area contributed by atoms with Crippen LogP contribution in [0.4, 0.5) is 17.2 Å². The summed E-state index contributed by atoms with van der Waals surface area (Å²) in [5, 5.41) is 0. The number of aromatic nitrogens is 4. The number of anilines is 3. The van der Waals surface area contributed by atoms with Crippen molar-refractivity contribution in [2.24, 2.45) is 0 Å². The highest BCUT2D eigenvalue weighted by molar-refractivity contribution is 5.90. The minimum atomic E-state index is -0.230. The fourth-order valence-electron chi connectivity index (χ4n) is 7.43. The van der Waals surface area contributed by atoms with Gasteiger partial charge in [-0.05, 0) is 63.7 Å². The summed E-state index contributed by atoms with van der Waals surface area (Å²) in [6.07, 6.45) is 0. The quantitative estimate of drug-likeness (QED) is 0.169. The normalized spacial score (nSPS) is 12.6. The summed E-state index contributed by atoms with van der Waals surface area (Å²) in [6.45, 7) is 4.64. The molecule has 2 aromatic heterocycles. The van der Waals surface area contributed by atoms with Gasteiger partial charge in [-0.1, -0.05) is 159 Å². The van der Waals surface area contributed by atoms with Crippen LogP contribution < -0.4 is 4.90 Å². The maximum atomic E-state index is 5.34. The molecule has 248 valence electrons. The molecule has 0 N–H and O–H groups in total. The van der Waals surface area contributed by atoms with E-state index in [1.807, 2.05) is 78.9 Å². The standard InChI is InChI=1S/C47H35N5/c1-47(2)39-24-13-12-22-37(39)38-23-14-26-41(43(38)47)52(36-30-28-33(29-31-36)32-16-6-3-7-17-32)42-27-15-25-40(48-42)46-50-44(34-18-8-4-9-19-34)49-45(51-46)35-20-10-5-11-21-35/h3-31H,1-2H3. The van der Waals surface area contributed by atoms with Gasteiger partial charge >= 0.3 is 0 Å². The fraction of sp³-hybridized carbons (Fsp3) is 0.0638. The second-order valence-electron chi connectivity index (χ2n) is 13.5. The average Bonchev–Trinajstić information content (AvgIpc) is 3.45. The monoisotopic (exact) mass is 669 g/mol. The number of pyridine rings is 1. The summed E-state index contributed by atoms with van der Waals surface area (Å²) < 4.78 is 0. The predicted octanol–water partition coefficient (Wildman–Crippen LogP) is 11.7. The van der Waals surface area contributed by atoms with E-state index in [1.54, 1.807) is 0 Å². The lowest BCUT2D eigenvalue weighted by Gasteiger charge is -2.31. The summed E-state index contributed by atoms with van der Waals surface area (Å²) in [5.74, 6) is 2.49. The van der Waals surface area contributed by atoms with Gasteiger partial charge < -0.3 is 0 Å². The molecule has 2 heterocycles. The maximum Gasteiger partial charge on any atom is 0.182 e. The average molecular weight is 670 g/mol. The molecular formula is C47H35N5. The van der Waals surface area contributed by atoms with Crippen molar-refractivity contribution in [3.63, 3.8) is 0 Å².